The molecule has 0 saturated heterocycles. The van der Waals surface area contributed by atoms with Crippen molar-refractivity contribution in [1.29, 1.82) is 0 Å². The molecule has 52 heavy (non-hydrogen) atoms. The molecule has 2 N–H and O–H groups in total. The van der Waals surface area contributed by atoms with E-state index < -0.39 is 0 Å². The fourth-order valence-electron chi connectivity index (χ4n) is 7.05. The number of phenols is 2. The van der Waals surface area contributed by atoms with Crippen LogP contribution in [0.2, 0.25) is 0 Å². The number of rotatable bonds is 13. The molecule has 8 aromatic carbocycles. The molecule has 0 atom stereocenters. The van der Waals surface area contributed by atoms with Gasteiger partial charge in [-0.2, -0.15) is 0 Å². The maximum atomic E-state index is 11.1. The molecule has 0 aliphatic heterocycles. The second-order valence-electron chi connectivity index (χ2n) is 12.6. The minimum atomic E-state index is 0.209. The minimum absolute atomic E-state index is 0.209. The summed E-state index contributed by atoms with van der Waals surface area (Å²) in [5, 5.41) is 30.3. The van der Waals surface area contributed by atoms with Gasteiger partial charge in [-0.05, 0) is 67.4 Å². The molecule has 0 fully saturated rings. The van der Waals surface area contributed by atoms with E-state index in [0.29, 0.717) is 51.1 Å². The highest BCUT2D eigenvalue weighted by Crippen LogP contribution is 2.46. The molecule has 0 spiro atoms. The van der Waals surface area contributed by atoms with Crippen molar-refractivity contribution in [3.8, 4) is 45.3 Å². The topological polar surface area (TPSA) is 77.4 Å². The van der Waals surface area contributed by atoms with Crippen LogP contribution in [0, 0.1) is 0 Å². The molecule has 0 aromatic heterocycles. The number of hydrogen-bond acceptors (Lipinski definition) is 6. The predicted molar refractivity (Wildman–Crippen MR) is 210 cm³/mol. The molecule has 8 rings (SSSR count). The van der Waals surface area contributed by atoms with Crippen LogP contribution in [0.3, 0.4) is 0 Å². The highest BCUT2D eigenvalue weighted by molar-refractivity contribution is 6.11. The number of ether oxygens (including phenoxy) is 4. The molecule has 0 aliphatic carbocycles. The maximum absolute atomic E-state index is 11.1. The lowest BCUT2D eigenvalue weighted by atomic mass is 9.92. The number of benzene rings is 8. The number of fused-ring (bicyclic) bond motifs is 4. The summed E-state index contributed by atoms with van der Waals surface area (Å²) < 4.78 is 24.3. The van der Waals surface area contributed by atoms with Gasteiger partial charge in [0.2, 0.25) is 0 Å². The van der Waals surface area contributed by atoms with E-state index in [9.17, 15) is 10.2 Å². The van der Waals surface area contributed by atoms with E-state index in [1.54, 1.807) is 12.1 Å². The molecule has 0 unspecified atom stereocenters. The van der Waals surface area contributed by atoms with Crippen molar-refractivity contribution in [2.24, 2.45) is 0 Å². The Kier molecular flexibility index (Phi) is 9.57. The summed E-state index contributed by atoms with van der Waals surface area (Å²) in [4.78, 5) is 0. The zero-order valence-electron chi connectivity index (χ0n) is 28.6. The van der Waals surface area contributed by atoms with Crippen LogP contribution in [0.5, 0.6) is 23.0 Å². The Morgan fingerprint density at radius 2 is 0.615 bits per heavy atom. The number of phenolic OH excluding ortho intramolecular Hbond substituents is 2. The van der Waals surface area contributed by atoms with Crippen LogP contribution in [0.4, 0.5) is 0 Å². The Morgan fingerprint density at radius 1 is 0.308 bits per heavy atom. The van der Waals surface area contributed by atoms with Crippen LogP contribution in [0.1, 0.15) is 0 Å². The van der Waals surface area contributed by atoms with E-state index in [-0.39, 0.29) is 11.5 Å². The first-order valence-corrected chi connectivity index (χ1v) is 17.5. The minimum Gasteiger partial charge on any atom is -0.507 e. The summed E-state index contributed by atoms with van der Waals surface area (Å²) >= 11 is 0. The molecule has 0 aliphatic rings. The van der Waals surface area contributed by atoms with Crippen LogP contribution >= 0.6 is 0 Å². The summed E-state index contributed by atoms with van der Waals surface area (Å²) in [6.07, 6.45) is 0. The Balaban J connectivity index is 0.881. The summed E-state index contributed by atoms with van der Waals surface area (Å²) in [6.45, 7) is 2.25. The van der Waals surface area contributed by atoms with E-state index in [1.165, 1.54) is 0 Å². The average molecular weight is 687 g/mol. The molecule has 0 bridgehead atoms. The van der Waals surface area contributed by atoms with Crippen molar-refractivity contribution in [3.63, 3.8) is 0 Å². The molecule has 258 valence electrons. The highest BCUT2D eigenvalue weighted by Gasteiger charge is 2.19. The highest BCUT2D eigenvalue weighted by atomic mass is 16.6. The van der Waals surface area contributed by atoms with E-state index in [0.717, 1.165) is 65.3 Å². The fraction of sp³-hybridized carbons (Fsp3) is 0.130. The van der Waals surface area contributed by atoms with E-state index in [2.05, 4.69) is 24.3 Å². The van der Waals surface area contributed by atoms with E-state index in [1.807, 2.05) is 109 Å². The number of hydrogen-bond donors (Lipinski definition) is 2. The second kappa shape index (κ2) is 15.0. The van der Waals surface area contributed by atoms with E-state index >= 15 is 0 Å². The lowest BCUT2D eigenvalue weighted by Gasteiger charge is -2.18. The molecular weight excluding hydrogens is 649 g/mol. The van der Waals surface area contributed by atoms with Gasteiger partial charge in [0.05, 0.1) is 26.4 Å². The zero-order chi connectivity index (χ0) is 35.3. The first-order chi connectivity index (χ1) is 25.7. The number of aromatic hydroxyl groups is 2. The smallest absolute Gasteiger partial charge is 0.128 e. The molecule has 6 nitrogen and oxygen atoms in total. The molecule has 0 amide bonds. The van der Waals surface area contributed by atoms with Crippen LogP contribution in [-0.2, 0) is 9.47 Å². The molecule has 0 radical (unpaired) electrons. The molecule has 8 aromatic rings. The monoisotopic (exact) mass is 686 g/mol. The van der Waals surface area contributed by atoms with Crippen LogP contribution < -0.4 is 9.47 Å². The van der Waals surface area contributed by atoms with Crippen molar-refractivity contribution >= 4 is 43.1 Å². The van der Waals surface area contributed by atoms with Gasteiger partial charge in [0.1, 0.15) is 36.2 Å². The second-order valence-corrected chi connectivity index (χ2v) is 12.6. The van der Waals surface area contributed by atoms with Gasteiger partial charge in [0, 0.05) is 22.3 Å². The predicted octanol–water partition coefficient (Wildman–Crippen LogP) is 10.5. The summed E-state index contributed by atoms with van der Waals surface area (Å²) in [5.41, 5.74) is 3.24. The van der Waals surface area contributed by atoms with Crippen molar-refractivity contribution in [3.05, 3.63) is 146 Å². The van der Waals surface area contributed by atoms with Gasteiger partial charge in [-0.15, -0.1) is 0 Å². The molecule has 0 heterocycles. The maximum Gasteiger partial charge on any atom is 0.128 e. The zero-order valence-corrected chi connectivity index (χ0v) is 28.6. The van der Waals surface area contributed by atoms with Crippen molar-refractivity contribution in [1.82, 2.24) is 0 Å². The third-order valence-electron chi connectivity index (χ3n) is 9.44. The van der Waals surface area contributed by atoms with E-state index in [4.69, 9.17) is 18.9 Å². The summed E-state index contributed by atoms with van der Waals surface area (Å²) in [6, 6.07) is 47.7. The first-order valence-electron chi connectivity index (χ1n) is 17.5. The third-order valence-corrected chi connectivity index (χ3v) is 9.44. The normalized spacial score (nSPS) is 11.5. The van der Waals surface area contributed by atoms with Gasteiger partial charge in [0.25, 0.3) is 0 Å². The van der Waals surface area contributed by atoms with Gasteiger partial charge >= 0.3 is 0 Å². The Labute approximate surface area is 302 Å². The van der Waals surface area contributed by atoms with Crippen LogP contribution in [0.15, 0.2) is 146 Å². The lowest BCUT2D eigenvalue weighted by Crippen LogP contribution is -2.14. The van der Waals surface area contributed by atoms with Gasteiger partial charge in [0.15, 0.2) is 0 Å². The molecule has 0 saturated carbocycles. The quantitative estimate of drug-likeness (QED) is 0.118. The van der Waals surface area contributed by atoms with Crippen molar-refractivity contribution < 1.29 is 29.2 Å². The summed E-state index contributed by atoms with van der Waals surface area (Å²) in [5.74, 6) is 1.79. The molecule has 6 heteroatoms. The van der Waals surface area contributed by atoms with Gasteiger partial charge in [-0.3, -0.25) is 0 Å². The first kappa shape index (κ1) is 33.1. The van der Waals surface area contributed by atoms with Crippen LogP contribution in [-0.4, -0.2) is 49.9 Å². The van der Waals surface area contributed by atoms with Crippen molar-refractivity contribution in [2.45, 2.75) is 0 Å². The Bertz CT molecular complexity index is 2350. The fourth-order valence-corrected chi connectivity index (χ4v) is 7.05. The summed E-state index contributed by atoms with van der Waals surface area (Å²) in [7, 11) is 0. The largest absolute Gasteiger partial charge is 0.507 e. The lowest BCUT2D eigenvalue weighted by molar-refractivity contribution is 0.0275. The average Bonchev–Trinajstić information content (AvgIpc) is 3.19. The Morgan fingerprint density at radius 3 is 1.00 bits per heavy atom. The van der Waals surface area contributed by atoms with Gasteiger partial charge in [-0.25, -0.2) is 0 Å². The van der Waals surface area contributed by atoms with Gasteiger partial charge in [-0.1, -0.05) is 121 Å². The molecular formula is C46H38O6. The Hall–Kier alpha value is -6.08. The third kappa shape index (κ3) is 6.58. The van der Waals surface area contributed by atoms with Gasteiger partial charge < -0.3 is 29.2 Å². The standard InChI is InChI=1S/C46H38O6/c47-39-21-17-31-9-1-5-13-35(31)43(39)45-37-15-7-3-11-33(37)19-23-41(45)51-29-27-49-25-26-50-28-30-52-42-24-20-34-12-4-8-16-38(34)46(42)44-36-14-6-2-10-32(36)18-22-40(44)48/h1-24,47-48H,25-30H2. The SMILES string of the molecule is Oc1ccc2ccccc2c1-c1c(OCCOCCOCCOc2ccc3ccccc3c2-c2c(O)ccc3ccccc23)ccc2ccccc12. The van der Waals surface area contributed by atoms with Crippen molar-refractivity contribution in [2.75, 3.05) is 39.6 Å². The van der Waals surface area contributed by atoms with Crippen LogP contribution in [0.25, 0.3) is 65.3 Å².